The summed E-state index contributed by atoms with van der Waals surface area (Å²) in [6.45, 7) is -0.349. The largest absolute Gasteiger partial charge is 0.507 e. The third-order valence-electron chi connectivity index (χ3n) is 7.36. The molecule has 16 nitrogen and oxygen atoms in total. The molecule has 4 aromatic rings. The molecular formula is C28H30N6O10S. The number of hydrogen-bond donors (Lipinski definition) is 11. The molecule has 13 N–H and O–H groups in total. The number of imidazole rings is 1. The van der Waals surface area contributed by atoms with Crippen LogP contribution in [0.5, 0.6) is 11.5 Å². The van der Waals surface area contributed by atoms with Crippen LogP contribution in [0, 0.1) is 5.41 Å². The van der Waals surface area contributed by atoms with Crippen LogP contribution >= 0.6 is 0 Å². The predicted molar refractivity (Wildman–Crippen MR) is 158 cm³/mol. The maximum absolute atomic E-state index is 13.0. The summed E-state index contributed by atoms with van der Waals surface area (Å²) in [5.74, 6) is -1.50. The van der Waals surface area contributed by atoms with Crippen molar-refractivity contribution in [3.8, 4) is 34.0 Å². The Labute approximate surface area is 255 Å². The molecule has 0 saturated carbocycles. The highest BCUT2D eigenvalue weighted by Crippen LogP contribution is 2.43. The summed E-state index contributed by atoms with van der Waals surface area (Å²) in [4.78, 5) is 20.2. The molecule has 0 radical (unpaired) electrons. The lowest BCUT2D eigenvalue weighted by Crippen LogP contribution is -2.60. The van der Waals surface area contributed by atoms with Crippen LogP contribution in [0.15, 0.2) is 53.4 Å². The van der Waals surface area contributed by atoms with Crippen molar-refractivity contribution in [3.05, 3.63) is 59.7 Å². The van der Waals surface area contributed by atoms with Crippen molar-refractivity contribution < 1.29 is 48.6 Å². The fourth-order valence-electron chi connectivity index (χ4n) is 4.95. The van der Waals surface area contributed by atoms with Gasteiger partial charge in [-0.2, -0.15) is 0 Å². The van der Waals surface area contributed by atoms with Crippen LogP contribution in [0.25, 0.3) is 33.5 Å². The third kappa shape index (κ3) is 6.45. The van der Waals surface area contributed by atoms with Gasteiger partial charge in [0.2, 0.25) is 15.9 Å². The van der Waals surface area contributed by atoms with Crippen LogP contribution in [-0.2, 0) is 26.0 Å². The number of aliphatic hydroxyl groups excluding tert-OH is 4. The molecule has 1 amide bonds. The van der Waals surface area contributed by atoms with Crippen LogP contribution in [0.3, 0.4) is 0 Å². The number of primary sulfonamides is 1. The highest BCUT2D eigenvalue weighted by atomic mass is 32.2. The van der Waals surface area contributed by atoms with Crippen molar-refractivity contribution in [2.75, 3.05) is 6.54 Å². The number of ether oxygens (including phenoxy) is 1. The van der Waals surface area contributed by atoms with E-state index in [4.69, 9.17) is 21.0 Å². The van der Waals surface area contributed by atoms with E-state index in [-0.39, 0.29) is 51.8 Å². The number of phenolic OH excluding ortho intramolecular Hbond substituents is 2. The molecule has 1 aromatic heterocycles. The first-order chi connectivity index (χ1) is 21.1. The standard InChI is InChI=1S/C28H30N6O10S/c29-26(30)12-1-3-17-18(8-12)34-27(33-17)16-6-11(7-21(36)32-10-20-23(38)24(39)25(40)28(41)44-20)5-15(22(16)37)14-9-13(45(31,42)43)2-4-19(14)35/h1-6,8-9,20,23-25,28,35,37-41H,7,10H2,(H3,29,30)(H,32,36)(H,33,34)(H2,31,42,43)/t20-,23-,24+,25-,28+/m1/s1. The second-order valence-electron chi connectivity index (χ2n) is 10.5. The monoisotopic (exact) mass is 642 g/mol. The lowest BCUT2D eigenvalue weighted by molar-refractivity contribution is -0.280. The van der Waals surface area contributed by atoms with E-state index in [1.165, 1.54) is 12.1 Å². The molecule has 1 saturated heterocycles. The number of nitrogens with two attached hydrogens (primary N) is 2. The molecule has 1 fully saturated rings. The number of fused-ring (bicyclic) bond motifs is 1. The van der Waals surface area contributed by atoms with E-state index in [9.17, 15) is 43.9 Å². The zero-order valence-corrected chi connectivity index (χ0v) is 24.1. The molecule has 0 aliphatic carbocycles. The fraction of sp³-hybridized carbons (Fsp3) is 0.250. The average Bonchev–Trinajstić information content (AvgIpc) is 3.41. The Morgan fingerprint density at radius 1 is 0.978 bits per heavy atom. The predicted octanol–water partition coefficient (Wildman–Crippen LogP) is -1.30. The van der Waals surface area contributed by atoms with Gasteiger partial charge in [-0.05, 0) is 54.1 Å². The number of aromatic amines is 1. The molecule has 1 aliphatic heterocycles. The Kier molecular flexibility index (Phi) is 8.51. The van der Waals surface area contributed by atoms with Gasteiger partial charge in [0.25, 0.3) is 0 Å². The van der Waals surface area contributed by atoms with Gasteiger partial charge in [-0.3, -0.25) is 10.2 Å². The zero-order valence-electron chi connectivity index (χ0n) is 23.2. The summed E-state index contributed by atoms with van der Waals surface area (Å²) >= 11 is 0. The Morgan fingerprint density at radius 2 is 1.69 bits per heavy atom. The maximum Gasteiger partial charge on any atom is 0.238 e. The Balaban J connectivity index is 1.53. The van der Waals surface area contributed by atoms with E-state index in [2.05, 4.69) is 15.3 Å². The molecular weight excluding hydrogens is 612 g/mol. The number of aliphatic hydroxyl groups is 4. The summed E-state index contributed by atoms with van der Waals surface area (Å²) in [6.07, 6.45) is -8.45. The molecule has 0 bridgehead atoms. The Bertz CT molecular complexity index is 1910. The lowest BCUT2D eigenvalue weighted by atomic mass is 9.95. The fourth-order valence-corrected chi connectivity index (χ4v) is 5.49. The number of amidine groups is 1. The van der Waals surface area contributed by atoms with Gasteiger partial charge in [-0.25, -0.2) is 18.5 Å². The van der Waals surface area contributed by atoms with Gasteiger partial charge >= 0.3 is 0 Å². The van der Waals surface area contributed by atoms with Crippen LogP contribution in [0.4, 0.5) is 0 Å². The van der Waals surface area contributed by atoms with Crippen molar-refractivity contribution in [2.45, 2.75) is 42.0 Å². The molecule has 1 aliphatic rings. The van der Waals surface area contributed by atoms with Gasteiger partial charge in [-0.15, -0.1) is 0 Å². The first kappa shape index (κ1) is 31.8. The number of carbonyl (C=O) groups is 1. The van der Waals surface area contributed by atoms with E-state index in [1.807, 2.05) is 0 Å². The zero-order chi connectivity index (χ0) is 32.8. The number of carbonyl (C=O) groups excluding carboxylic acids is 1. The van der Waals surface area contributed by atoms with E-state index in [0.29, 0.717) is 16.6 Å². The second kappa shape index (κ2) is 12.1. The quantitative estimate of drug-likeness (QED) is 0.0789. The number of amides is 1. The van der Waals surface area contributed by atoms with E-state index >= 15 is 0 Å². The van der Waals surface area contributed by atoms with Crippen molar-refractivity contribution >= 4 is 32.8 Å². The number of nitrogens with one attached hydrogen (secondary N) is 3. The van der Waals surface area contributed by atoms with Crippen molar-refractivity contribution in [1.82, 2.24) is 15.3 Å². The van der Waals surface area contributed by atoms with E-state index in [0.717, 1.165) is 18.2 Å². The number of H-pyrrole nitrogens is 1. The van der Waals surface area contributed by atoms with Crippen molar-refractivity contribution in [2.24, 2.45) is 10.9 Å². The summed E-state index contributed by atoms with van der Waals surface area (Å²) in [7, 11) is -4.20. The minimum atomic E-state index is -4.20. The number of phenols is 2. The molecule has 238 valence electrons. The average molecular weight is 643 g/mol. The SMILES string of the molecule is N=C(N)c1ccc2[nH]c(-c3cc(CC(=O)NC[C@H]4O[C@H](O)[C@H](O)[C@@H](O)[C@@H]4O)cc(-c4cc(S(N)(=O)=O)ccc4O)c3O)nc2c1. The summed E-state index contributed by atoms with van der Waals surface area (Å²) in [6, 6.07) is 10.8. The molecule has 5 rings (SSSR count). The van der Waals surface area contributed by atoms with E-state index in [1.54, 1.807) is 18.2 Å². The molecule has 0 unspecified atom stereocenters. The second-order valence-corrected chi connectivity index (χ2v) is 12.1. The summed E-state index contributed by atoms with van der Waals surface area (Å²) in [5.41, 5.74) is 7.09. The summed E-state index contributed by atoms with van der Waals surface area (Å²) in [5, 5.41) is 77.0. The number of aromatic nitrogens is 2. The smallest absolute Gasteiger partial charge is 0.238 e. The van der Waals surface area contributed by atoms with Crippen LogP contribution < -0.4 is 16.2 Å². The minimum Gasteiger partial charge on any atom is -0.507 e. The van der Waals surface area contributed by atoms with Gasteiger partial charge in [0.1, 0.15) is 47.6 Å². The topological polar surface area (TPSA) is 298 Å². The molecule has 3 aromatic carbocycles. The molecule has 17 heteroatoms. The molecule has 2 heterocycles. The molecule has 0 spiro atoms. The lowest BCUT2D eigenvalue weighted by Gasteiger charge is -2.38. The first-order valence-electron chi connectivity index (χ1n) is 13.3. The third-order valence-corrected chi connectivity index (χ3v) is 8.27. The van der Waals surface area contributed by atoms with Crippen LogP contribution in [-0.4, -0.2) is 98.0 Å². The van der Waals surface area contributed by atoms with Gasteiger partial charge < -0.3 is 51.4 Å². The van der Waals surface area contributed by atoms with Gasteiger partial charge in [0.15, 0.2) is 6.29 Å². The normalized spacial score (nSPS) is 21.9. The van der Waals surface area contributed by atoms with Crippen molar-refractivity contribution in [3.63, 3.8) is 0 Å². The Morgan fingerprint density at radius 3 is 2.38 bits per heavy atom. The number of sulfonamides is 1. The summed E-state index contributed by atoms with van der Waals surface area (Å²) < 4.78 is 29.2. The molecule has 5 atom stereocenters. The van der Waals surface area contributed by atoms with Crippen molar-refractivity contribution in [1.29, 1.82) is 5.41 Å². The van der Waals surface area contributed by atoms with Gasteiger partial charge in [0.05, 0.1) is 27.9 Å². The number of hydrogen-bond acceptors (Lipinski definition) is 12. The highest BCUT2D eigenvalue weighted by Gasteiger charge is 2.42. The molecule has 45 heavy (non-hydrogen) atoms. The number of nitrogen functional groups attached to an aromatic ring is 1. The minimum absolute atomic E-state index is 0.0607. The van der Waals surface area contributed by atoms with Gasteiger partial charge in [-0.1, -0.05) is 0 Å². The van der Waals surface area contributed by atoms with Crippen LogP contribution in [0.2, 0.25) is 0 Å². The highest BCUT2D eigenvalue weighted by molar-refractivity contribution is 7.89. The van der Waals surface area contributed by atoms with Gasteiger partial charge in [0, 0.05) is 23.2 Å². The number of nitrogens with zero attached hydrogens (tertiary/aromatic N) is 1. The first-order valence-corrected chi connectivity index (χ1v) is 14.9. The Hall–Kier alpha value is -4.62. The number of benzene rings is 3. The number of rotatable bonds is 8. The maximum atomic E-state index is 13.0. The van der Waals surface area contributed by atoms with Crippen LogP contribution in [0.1, 0.15) is 11.1 Å². The number of aromatic hydroxyl groups is 2. The van der Waals surface area contributed by atoms with E-state index < -0.39 is 58.1 Å².